The number of fused-ring (bicyclic) bond motifs is 1. The molecule has 114 valence electrons. The number of hydrogen-bond donors (Lipinski definition) is 2. The topological polar surface area (TPSA) is 44.9 Å². The minimum Gasteiger partial charge on any atom is -0.361 e. The predicted molar refractivity (Wildman–Crippen MR) is 61.3 cm³/mol. The van der Waals surface area contributed by atoms with Crippen molar-refractivity contribution in [2.75, 3.05) is 0 Å². The highest BCUT2D eigenvalue weighted by Gasteiger charge is 2.48. The molecule has 0 radical (unpaired) electrons. The Labute approximate surface area is 113 Å². The van der Waals surface area contributed by atoms with E-state index < -0.39 is 29.9 Å². The lowest BCUT2D eigenvalue weighted by Crippen LogP contribution is -2.44. The van der Waals surface area contributed by atoms with Crippen LogP contribution in [0.2, 0.25) is 0 Å². The smallest absolute Gasteiger partial charge is 0.361 e. The van der Waals surface area contributed by atoms with Crippen molar-refractivity contribution in [2.45, 2.75) is 18.4 Å². The Hall–Kier alpha value is -2.19. The van der Waals surface area contributed by atoms with Crippen molar-refractivity contribution in [1.29, 1.82) is 0 Å². The van der Waals surface area contributed by atoms with Crippen molar-refractivity contribution in [3.63, 3.8) is 0 Å². The largest absolute Gasteiger partial charge is 0.471 e. The van der Waals surface area contributed by atoms with E-state index in [0.29, 0.717) is 5.52 Å². The molecule has 1 aromatic heterocycles. The Morgan fingerprint density at radius 1 is 1.10 bits per heavy atom. The molecule has 0 aliphatic rings. The molecule has 1 atom stereocenters. The first-order chi connectivity index (χ1) is 9.60. The standard InChI is InChI=1S/C12H8F6N2O/c13-11(14,15)9(20-10(21)12(16,17)18)7-5-19-8-4-2-1-3-6(7)8/h1-5,9,19H,(H,20,21). The lowest BCUT2D eigenvalue weighted by Gasteiger charge is -2.22. The predicted octanol–water partition coefficient (Wildman–Crippen LogP) is 3.45. The fourth-order valence-corrected chi connectivity index (χ4v) is 1.88. The monoisotopic (exact) mass is 310 g/mol. The highest BCUT2D eigenvalue weighted by Crippen LogP contribution is 2.37. The molecule has 0 aliphatic heterocycles. The number of H-pyrrole nitrogens is 1. The summed E-state index contributed by atoms with van der Waals surface area (Å²) in [6, 6.07) is 3.04. The molecule has 21 heavy (non-hydrogen) atoms. The number of rotatable bonds is 2. The average molecular weight is 310 g/mol. The minimum atomic E-state index is -5.39. The van der Waals surface area contributed by atoms with Gasteiger partial charge in [-0.05, 0) is 6.07 Å². The van der Waals surface area contributed by atoms with Gasteiger partial charge in [0, 0.05) is 22.7 Å². The van der Waals surface area contributed by atoms with Crippen LogP contribution in [-0.2, 0) is 4.79 Å². The molecule has 2 aromatic rings. The van der Waals surface area contributed by atoms with E-state index in [4.69, 9.17) is 0 Å². The lowest BCUT2D eigenvalue weighted by atomic mass is 10.1. The molecule has 0 fully saturated rings. The van der Waals surface area contributed by atoms with Gasteiger partial charge in [-0.2, -0.15) is 26.3 Å². The Morgan fingerprint density at radius 3 is 2.29 bits per heavy atom. The van der Waals surface area contributed by atoms with E-state index in [1.807, 2.05) is 0 Å². The summed E-state index contributed by atoms with van der Waals surface area (Å²) in [5, 5.41) is 1.07. The summed E-state index contributed by atoms with van der Waals surface area (Å²) in [5.41, 5.74) is -0.154. The third-order valence-corrected chi connectivity index (χ3v) is 2.79. The number of amides is 1. The maximum absolute atomic E-state index is 13.0. The molecule has 3 nitrogen and oxygen atoms in total. The number of halogens is 6. The Kier molecular flexibility index (Phi) is 3.60. The number of benzene rings is 1. The van der Waals surface area contributed by atoms with Crippen molar-refractivity contribution < 1.29 is 31.1 Å². The van der Waals surface area contributed by atoms with Gasteiger partial charge in [-0.15, -0.1) is 0 Å². The van der Waals surface area contributed by atoms with Crippen molar-refractivity contribution in [3.05, 3.63) is 36.0 Å². The first-order valence-electron chi connectivity index (χ1n) is 5.61. The van der Waals surface area contributed by atoms with Gasteiger partial charge in [0.05, 0.1) is 0 Å². The van der Waals surface area contributed by atoms with Crippen LogP contribution in [-0.4, -0.2) is 23.2 Å². The van der Waals surface area contributed by atoms with Crippen LogP contribution in [0.15, 0.2) is 30.5 Å². The summed E-state index contributed by atoms with van der Waals surface area (Å²) >= 11 is 0. The van der Waals surface area contributed by atoms with Gasteiger partial charge >= 0.3 is 18.3 Å². The zero-order valence-corrected chi connectivity index (χ0v) is 10.1. The lowest BCUT2D eigenvalue weighted by molar-refractivity contribution is -0.188. The molecule has 2 N–H and O–H groups in total. The van der Waals surface area contributed by atoms with Crippen molar-refractivity contribution in [2.24, 2.45) is 0 Å². The minimum absolute atomic E-state index is 0.0855. The number of nitrogens with one attached hydrogen (secondary N) is 2. The number of aromatic nitrogens is 1. The van der Waals surface area contributed by atoms with E-state index in [-0.39, 0.29) is 5.39 Å². The van der Waals surface area contributed by atoms with Crippen LogP contribution in [0.1, 0.15) is 11.6 Å². The summed E-state index contributed by atoms with van der Waals surface area (Å²) in [7, 11) is 0. The molecule has 0 aliphatic carbocycles. The van der Waals surface area contributed by atoms with Gasteiger partial charge in [0.1, 0.15) is 0 Å². The van der Waals surface area contributed by atoms with Gasteiger partial charge in [-0.25, -0.2) is 0 Å². The third kappa shape index (κ3) is 3.11. The molecule has 0 bridgehead atoms. The first kappa shape index (κ1) is 15.2. The van der Waals surface area contributed by atoms with Gasteiger partial charge in [0.25, 0.3) is 0 Å². The second kappa shape index (κ2) is 4.97. The molecule has 0 saturated heterocycles. The van der Waals surface area contributed by atoms with Crippen LogP contribution in [0.3, 0.4) is 0 Å². The molecular weight excluding hydrogens is 302 g/mol. The molecule has 9 heteroatoms. The Bertz CT molecular complexity index is 658. The Balaban J connectivity index is 2.44. The quantitative estimate of drug-likeness (QED) is 0.820. The van der Waals surface area contributed by atoms with Crippen LogP contribution in [0, 0.1) is 0 Å². The van der Waals surface area contributed by atoms with Crippen molar-refractivity contribution in [3.8, 4) is 0 Å². The number of para-hydroxylation sites is 1. The van der Waals surface area contributed by atoms with E-state index in [1.54, 1.807) is 6.07 Å². The van der Waals surface area contributed by atoms with Crippen molar-refractivity contribution in [1.82, 2.24) is 10.3 Å². The fraction of sp³-hybridized carbons (Fsp3) is 0.250. The first-order valence-corrected chi connectivity index (χ1v) is 5.61. The van der Waals surface area contributed by atoms with E-state index in [2.05, 4.69) is 4.98 Å². The van der Waals surface area contributed by atoms with Crippen LogP contribution >= 0.6 is 0 Å². The number of carbonyl (C=O) groups is 1. The van der Waals surface area contributed by atoms with Gasteiger partial charge < -0.3 is 10.3 Å². The number of aromatic amines is 1. The number of hydrogen-bond acceptors (Lipinski definition) is 1. The van der Waals surface area contributed by atoms with E-state index in [9.17, 15) is 31.1 Å². The van der Waals surface area contributed by atoms with E-state index >= 15 is 0 Å². The van der Waals surface area contributed by atoms with E-state index in [0.717, 1.165) is 11.5 Å². The van der Waals surface area contributed by atoms with E-state index in [1.165, 1.54) is 18.2 Å². The molecule has 0 saturated carbocycles. The molecule has 1 aromatic carbocycles. The molecular formula is C12H8F6N2O. The van der Waals surface area contributed by atoms with Crippen LogP contribution in [0.4, 0.5) is 26.3 Å². The summed E-state index contributed by atoms with van der Waals surface area (Å²) in [4.78, 5) is 13.3. The fourth-order valence-electron chi connectivity index (χ4n) is 1.88. The zero-order chi connectivity index (χ0) is 15.8. The number of alkyl halides is 6. The van der Waals surface area contributed by atoms with Gasteiger partial charge in [-0.3, -0.25) is 4.79 Å². The molecule has 1 heterocycles. The highest BCUT2D eigenvalue weighted by atomic mass is 19.4. The average Bonchev–Trinajstić information content (AvgIpc) is 2.76. The van der Waals surface area contributed by atoms with Crippen LogP contribution in [0.5, 0.6) is 0 Å². The molecule has 1 amide bonds. The van der Waals surface area contributed by atoms with Crippen LogP contribution < -0.4 is 5.32 Å². The maximum atomic E-state index is 13.0. The number of carbonyl (C=O) groups excluding carboxylic acids is 1. The summed E-state index contributed by atoms with van der Waals surface area (Å²) in [6.45, 7) is 0. The zero-order valence-electron chi connectivity index (χ0n) is 10.1. The summed E-state index contributed by atoms with van der Waals surface area (Å²) in [5.74, 6) is -2.64. The molecule has 0 spiro atoms. The van der Waals surface area contributed by atoms with Gasteiger partial charge in [-0.1, -0.05) is 18.2 Å². The van der Waals surface area contributed by atoms with Crippen LogP contribution in [0.25, 0.3) is 10.9 Å². The maximum Gasteiger partial charge on any atom is 0.471 e. The second-order valence-electron chi connectivity index (χ2n) is 4.24. The summed E-state index contributed by atoms with van der Waals surface area (Å²) < 4.78 is 75.4. The molecule has 1 unspecified atom stereocenters. The normalized spacial score (nSPS) is 14.2. The Morgan fingerprint density at radius 2 is 1.71 bits per heavy atom. The SMILES string of the molecule is O=C(NC(c1c[nH]c2ccccc12)C(F)(F)F)C(F)(F)F. The van der Waals surface area contributed by atoms with Crippen molar-refractivity contribution >= 4 is 16.8 Å². The third-order valence-electron chi connectivity index (χ3n) is 2.79. The molecule has 2 rings (SSSR count). The summed E-state index contributed by atoms with van der Waals surface area (Å²) in [6.07, 6.45) is -9.53. The highest BCUT2D eigenvalue weighted by molar-refractivity contribution is 5.86. The van der Waals surface area contributed by atoms with Gasteiger partial charge in [0.2, 0.25) is 0 Å². The van der Waals surface area contributed by atoms with Gasteiger partial charge in [0.15, 0.2) is 6.04 Å². The second-order valence-corrected chi connectivity index (χ2v) is 4.24.